The quantitative estimate of drug-likeness (QED) is 0.718. The SMILES string of the molecule is Nc1cc(F)c(OC(F)F)cc1Nc1cccc(Cl)c1Br. The molecule has 0 atom stereocenters. The summed E-state index contributed by atoms with van der Waals surface area (Å²) < 4.78 is 42.6. The van der Waals surface area contributed by atoms with Gasteiger partial charge in [-0.3, -0.25) is 0 Å². The molecule has 3 N–H and O–H groups in total. The van der Waals surface area contributed by atoms with Crippen molar-refractivity contribution in [1.82, 2.24) is 0 Å². The number of hydrogen-bond donors (Lipinski definition) is 2. The van der Waals surface area contributed by atoms with E-state index in [1.54, 1.807) is 18.2 Å². The number of benzene rings is 2. The summed E-state index contributed by atoms with van der Waals surface area (Å²) in [5, 5.41) is 3.32. The summed E-state index contributed by atoms with van der Waals surface area (Å²) in [4.78, 5) is 0. The maximum absolute atomic E-state index is 13.5. The fourth-order valence-electron chi connectivity index (χ4n) is 1.61. The maximum atomic E-state index is 13.5. The van der Waals surface area contributed by atoms with Gasteiger partial charge in [0.25, 0.3) is 0 Å². The van der Waals surface area contributed by atoms with Gasteiger partial charge in [0.2, 0.25) is 0 Å². The van der Waals surface area contributed by atoms with Crippen LogP contribution >= 0.6 is 27.5 Å². The van der Waals surface area contributed by atoms with Crippen molar-refractivity contribution < 1.29 is 17.9 Å². The smallest absolute Gasteiger partial charge is 0.387 e. The summed E-state index contributed by atoms with van der Waals surface area (Å²) in [7, 11) is 0. The van der Waals surface area contributed by atoms with Crippen LogP contribution in [0.4, 0.5) is 30.2 Å². The zero-order chi connectivity index (χ0) is 15.6. The van der Waals surface area contributed by atoms with Crippen LogP contribution in [0, 0.1) is 5.82 Å². The highest BCUT2D eigenvalue weighted by atomic mass is 79.9. The molecule has 2 rings (SSSR count). The van der Waals surface area contributed by atoms with E-state index in [2.05, 4.69) is 26.0 Å². The fraction of sp³-hybridized carbons (Fsp3) is 0.0769. The first-order chi connectivity index (χ1) is 9.88. The van der Waals surface area contributed by atoms with Crippen LogP contribution in [0.5, 0.6) is 5.75 Å². The van der Waals surface area contributed by atoms with Crippen LogP contribution in [0.3, 0.4) is 0 Å². The van der Waals surface area contributed by atoms with Crippen LogP contribution in [0.1, 0.15) is 0 Å². The van der Waals surface area contributed by atoms with E-state index in [9.17, 15) is 13.2 Å². The lowest BCUT2D eigenvalue weighted by molar-refractivity contribution is -0.0521. The molecule has 0 aliphatic heterocycles. The van der Waals surface area contributed by atoms with E-state index in [0.717, 1.165) is 12.1 Å². The molecule has 0 bridgehead atoms. The lowest BCUT2D eigenvalue weighted by Crippen LogP contribution is -2.06. The monoisotopic (exact) mass is 380 g/mol. The van der Waals surface area contributed by atoms with E-state index in [4.69, 9.17) is 17.3 Å². The van der Waals surface area contributed by atoms with Crippen LogP contribution in [-0.4, -0.2) is 6.61 Å². The molecule has 0 fully saturated rings. The number of halogens is 5. The Morgan fingerprint density at radius 1 is 1.24 bits per heavy atom. The van der Waals surface area contributed by atoms with Gasteiger partial charge in [-0.2, -0.15) is 8.78 Å². The second-order valence-electron chi connectivity index (χ2n) is 3.97. The fourth-order valence-corrected chi connectivity index (χ4v) is 2.15. The van der Waals surface area contributed by atoms with E-state index >= 15 is 0 Å². The van der Waals surface area contributed by atoms with Gasteiger partial charge < -0.3 is 15.8 Å². The second-order valence-corrected chi connectivity index (χ2v) is 5.17. The largest absolute Gasteiger partial charge is 0.432 e. The van der Waals surface area contributed by atoms with Gasteiger partial charge in [-0.1, -0.05) is 17.7 Å². The molecular formula is C13H9BrClF3N2O. The Bertz CT molecular complexity index is 670. The molecule has 3 nitrogen and oxygen atoms in total. The summed E-state index contributed by atoms with van der Waals surface area (Å²) in [6.45, 7) is -3.13. The van der Waals surface area contributed by atoms with E-state index in [-0.39, 0.29) is 11.4 Å². The van der Waals surface area contributed by atoms with Gasteiger partial charge in [-0.05, 0) is 28.1 Å². The molecule has 0 saturated heterocycles. The first-order valence-corrected chi connectivity index (χ1v) is 6.80. The van der Waals surface area contributed by atoms with E-state index in [1.165, 1.54) is 0 Å². The minimum Gasteiger partial charge on any atom is -0.432 e. The number of hydrogen-bond acceptors (Lipinski definition) is 3. The van der Waals surface area contributed by atoms with Gasteiger partial charge in [-0.25, -0.2) is 4.39 Å². The van der Waals surface area contributed by atoms with Gasteiger partial charge >= 0.3 is 6.61 Å². The Labute approximate surface area is 132 Å². The van der Waals surface area contributed by atoms with Crippen molar-refractivity contribution in [2.75, 3.05) is 11.1 Å². The average Bonchev–Trinajstić information content (AvgIpc) is 2.40. The van der Waals surface area contributed by atoms with E-state index in [0.29, 0.717) is 15.2 Å². The third kappa shape index (κ3) is 3.74. The average molecular weight is 382 g/mol. The normalized spacial score (nSPS) is 10.8. The Morgan fingerprint density at radius 2 is 1.95 bits per heavy atom. The molecule has 0 aliphatic carbocycles. The van der Waals surface area contributed by atoms with E-state index < -0.39 is 18.2 Å². The van der Waals surface area contributed by atoms with E-state index in [1.807, 2.05) is 0 Å². The Kier molecular flexibility index (Phi) is 4.84. The van der Waals surface area contributed by atoms with Crippen LogP contribution in [0.2, 0.25) is 5.02 Å². The lowest BCUT2D eigenvalue weighted by Gasteiger charge is -2.14. The molecule has 0 radical (unpaired) electrons. The van der Waals surface area contributed by atoms with Crippen molar-refractivity contribution >= 4 is 44.6 Å². The van der Waals surface area contributed by atoms with Crippen molar-refractivity contribution in [2.45, 2.75) is 6.61 Å². The molecule has 0 amide bonds. The van der Waals surface area contributed by atoms with Crippen LogP contribution in [0.15, 0.2) is 34.8 Å². The molecule has 8 heteroatoms. The summed E-state index contributed by atoms with van der Waals surface area (Å²) in [5.41, 5.74) is 6.47. The Balaban J connectivity index is 2.37. The third-order valence-corrected chi connectivity index (χ3v) is 3.94. The molecule has 112 valence electrons. The highest BCUT2D eigenvalue weighted by Gasteiger charge is 2.14. The number of rotatable bonds is 4. The molecule has 21 heavy (non-hydrogen) atoms. The molecule has 0 unspecified atom stereocenters. The van der Waals surface area contributed by atoms with Crippen molar-refractivity contribution in [3.05, 3.63) is 45.6 Å². The van der Waals surface area contributed by atoms with Gasteiger partial charge in [0.1, 0.15) is 0 Å². The zero-order valence-corrected chi connectivity index (χ0v) is 12.7. The number of nitrogens with one attached hydrogen (secondary N) is 1. The van der Waals surface area contributed by atoms with Gasteiger partial charge in [0, 0.05) is 12.1 Å². The molecule has 0 saturated carbocycles. The predicted molar refractivity (Wildman–Crippen MR) is 79.9 cm³/mol. The van der Waals surface area contributed by atoms with Crippen LogP contribution in [0.25, 0.3) is 0 Å². The summed E-state index contributed by atoms with van der Waals surface area (Å²) in [5.74, 6) is -1.57. The minimum absolute atomic E-state index is 0.0426. The maximum Gasteiger partial charge on any atom is 0.387 e. The molecule has 2 aromatic carbocycles. The third-order valence-electron chi connectivity index (χ3n) is 2.54. The van der Waals surface area contributed by atoms with Crippen LogP contribution in [-0.2, 0) is 0 Å². The van der Waals surface area contributed by atoms with Crippen molar-refractivity contribution in [2.24, 2.45) is 0 Å². The first kappa shape index (κ1) is 15.8. The topological polar surface area (TPSA) is 47.3 Å². The molecule has 0 aromatic heterocycles. The van der Waals surface area contributed by atoms with Crippen LogP contribution < -0.4 is 15.8 Å². The Morgan fingerprint density at radius 3 is 2.62 bits per heavy atom. The number of ether oxygens (including phenoxy) is 1. The summed E-state index contributed by atoms with van der Waals surface area (Å²) in [6.07, 6.45) is 0. The first-order valence-electron chi connectivity index (χ1n) is 5.63. The summed E-state index contributed by atoms with van der Waals surface area (Å²) >= 11 is 9.22. The summed E-state index contributed by atoms with van der Waals surface area (Å²) in [6, 6.07) is 7.00. The second kappa shape index (κ2) is 6.44. The van der Waals surface area contributed by atoms with Crippen molar-refractivity contribution in [3.63, 3.8) is 0 Å². The highest BCUT2D eigenvalue weighted by Crippen LogP contribution is 2.36. The highest BCUT2D eigenvalue weighted by molar-refractivity contribution is 9.10. The minimum atomic E-state index is -3.13. The Hall–Kier alpha value is -1.60. The van der Waals surface area contributed by atoms with Crippen molar-refractivity contribution in [3.8, 4) is 5.75 Å². The van der Waals surface area contributed by atoms with Crippen molar-refractivity contribution in [1.29, 1.82) is 0 Å². The number of nitrogens with two attached hydrogens (primary N) is 1. The van der Waals surface area contributed by atoms with Gasteiger partial charge in [0.05, 0.1) is 26.6 Å². The number of anilines is 3. The molecular weight excluding hydrogens is 373 g/mol. The number of nitrogen functional groups attached to an aromatic ring is 1. The molecule has 2 aromatic rings. The molecule has 0 heterocycles. The van der Waals surface area contributed by atoms with Gasteiger partial charge in [-0.15, -0.1) is 0 Å². The zero-order valence-electron chi connectivity index (χ0n) is 10.3. The molecule has 0 aliphatic rings. The standard InChI is InChI=1S/C13H9BrClF3N2O/c14-12-6(15)2-1-3-9(12)20-10-5-11(21-13(17)18)7(16)4-8(10)19/h1-5,13,20H,19H2. The lowest BCUT2D eigenvalue weighted by atomic mass is 10.2. The predicted octanol–water partition coefficient (Wildman–Crippen LogP) is 5.17. The molecule has 0 spiro atoms. The van der Waals surface area contributed by atoms with Gasteiger partial charge in [0.15, 0.2) is 11.6 Å². The number of alkyl halides is 2.